The maximum absolute atomic E-state index is 11.3. The summed E-state index contributed by atoms with van der Waals surface area (Å²) in [4.78, 5) is 12.7. The van der Waals surface area contributed by atoms with Crippen molar-refractivity contribution in [2.75, 3.05) is 5.75 Å². The summed E-state index contributed by atoms with van der Waals surface area (Å²) >= 11 is 1.91. The third-order valence-corrected chi connectivity index (χ3v) is 6.33. The maximum Gasteiger partial charge on any atom is 0.335 e. The van der Waals surface area contributed by atoms with Crippen molar-refractivity contribution in [2.24, 2.45) is 0 Å². The molecule has 1 aliphatic carbocycles. The van der Waals surface area contributed by atoms with E-state index in [1.807, 2.05) is 30.8 Å². The van der Waals surface area contributed by atoms with Crippen LogP contribution < -0.4 is 0 Å². The summed E-state index contributed by atoms with van der Waals surface area (Å²) in [7, 11) is 0. The largest absolute Gasteiger partial charge is 0.478 e. The molecule has 2 aromatic carbocycles. The molecule has 0 fully saturated rings. The number of carboxylic acids is 1. The molecule has 0 saturated carbocycles. The van der Waals surface area contributed by atoms with Gasteiger partial charge in [-0.25, -0.2) is 4.79 Å². The van der Waals surface area contributed by atoms with Gasteiger partial charge in [0.25, 0.3) is 0 Å². The lowest BCUT2D eigenvalue weighted by Gasteiger charge is -2.32. The second kappa shape index (κ2) is 8.40. The van der Waals surface area contributed by atoms with Crippen LogP contribution in [-0.4, -0.2) is 16.8 Å². The highest BCUT2D eigenvalue weighted by Crippen LogP contribution is 2.43. The summed E-state index contributed by atoms with van der Waals surface area (Å²) in [5.41, 5.74) is 6.38. The number of carboxylic acid groups (broad SMARTS) is 1. The van der Waals surface area contributed by atoms with E-state index >= 15 is 0 Å². The van der Waals surface area contributed by atoms with E-state index in [4.69, 9.17) is 0 Å². The molecule has 0 aliphatic heterocycles. The van der Waals surface area contributed by atoms with Gasteiger partial charge in [-0.2, -0.15) is 0 Å². The first kappa shape index (κ1) is 20.5. The Morgan fingerprint density at radius 2 is 1.79 bits per heavy atom. The van der Waals surface area contributed by atoms with Gasteiger partial charge in [0.2, 0.25) is 0 Å². The van der Waals surface area contributed by atoms with E-state index in [0.717, 1.165) is 23.3 Å². The molecule has 3 rings (SSSR count). The van der Waals surface area contributed by atoms with Crippen molar-refractivity contribution in [3.05, 3.63) is 75.9 Å². The lowest BCUT2D eigenvalue weighted by Crippen LogP contribution is -2.21. The fourth-order valence-corrected chi connectivity index (χ4v) is 4.57. The van der Waals surface area contributed by atoms with Crippen LogP contribution in [0.5, 0.6) is 0 Å². The van der Waals surface area contributed by atoms with Crippen LogP contribution in [-0.2, 0) is 11.8 Å². The van der Waals surface area contributed by atoms with E-state index in [9.17, 15) is 9.90 Å². The number of fused-ring (bicyclic) bond motifs is 1. The van der Waals surface area contributed by atoms with E-state index < -0.39 is 5.97 Å². The highest BCUT2D eigenvalue weighted by molar-refractivity contribution is 8.08. The Kier molecular flexibility index (Phi) is 6.14. The standard InChI is InChI=1S/C25H28O2S/c1-5-19-15-17(9-11-20(19)24(26)27)7-8-18-10-12-22-21(16-18)23(28-6-2)13-14-25(22,3)4/h7-13,15-16H,5-6,14H2,1-4H3,(H,26,27). The Labute approximate surface area is 172 Å². The average Bonchev–Trinajstić information content (AvgIpc) is 2.68. The zero-order valence-electron chi connectivity index (χ0n) is 17.1. The van der Waals surface area contributed by atoms with Gasteiger partial charge in [0.05, 0.1) is 5.56 Å². The van der Waals surface area contributed by atoms with Crippen LogP contribution in [0.3, 0.4) is 0 Å². The van der Waals surface area contributed by atoms with Gasteiger partial charge in [0.15, 0.2) is 0 Å². The molecule has 2 nitrogen and oxygen atoms in total. The van der Waals surface area contributed by atoms with Crippen molar-refractivity contribution < 1.29 is 9.90 Å². The van der Waals surface area contributed by atoms with Crippen molar-refractivity contribution >= 4 is 34.8 Å². The number of carbonyl (C=O) groups is 1. The molecule has 146 valence electrons. The van der Waals surface area contributed by atoms with E-state index in [1.165, 1.54) is 21.6 Å². The number of allylic oxidation sites excluding steroid dienone is 1. The number of aryl methyl sites for hydroxylation is 1. The minimum atomic E-state index is -0.863. The summed E-state index contributed by atoms with van der Waals surface area (Å²) in [6, 6.07) is 12.3. The highest BCUT2D eigenvalue weighted by Gasteiger charge is 2.27. The zero-order chi connectivity index (χ0) is 20.3. The van der Waals surface area contributed by atoms with Gasteiger partial charge in [-0.1, -0.05) is 70.2 Å². The summed E-state index contributed by atoms with van der Waals surface area (Å²) in [6.07, 6.45) is 8.34. The molecule has 0 unspecified atom stereocenters. The third kappa shape index (κ3) is 4.25. The van der Waals surface area contributed by atoms with E-state index in [1.54, 1.807) is 6.07 Å². The molecule has 0 aromatic heterocycles. The third-order valence-electron chi connectivity index (χ3n) is 5.34. The number of benzene rings is 2. The predicted octanol–water partition coefficient (Wildman–Crippen LogP) is 6.89. The summed E-state index contributed by atoms with van der Waals surface area (Å²) in [5, 5.41) is 9.29. The topological polar surface area (TPSA) is 37.3 Å². The molecule has 0 bridgehead atoms. The van der Waals surface area contributed by atoms with E-state index in [-0.39, 0.29) is 5.41 Å². The van der Waals surface area contributed by atoms with Crippen LogP contribution >= 0.6 is 11.8 Å². The SMILES string of the molecule is CCSC1=CCC(C)(C)c2ccc(C=Cc3ccc(C(=O)O)c(CC)c3)cc21. The molecule has 0 saturated heterocycles. The number of hydrogen-bond acceptors (Lipinski definition) is 2. The first-order valence-corrected chi connectivity index (χ1v) is 10.9. The van der Waals surface area contributed by atoms with Gasteiger partial charge in [0.1, 0.15) is 0 Å². The van der Waals surface area contributed by atoms with Gasteiger partial charge >= 0.3 is 5.97 Å². The normalized spacial score (nSPS) is 15.4. The van der Waals surface area contributed by atoms with E-state index in [2.05, 4.69) is 57.2 Å². The second-order valence-corrected chi connectivity index (χ2v) is 9.11. The van der Waals surface area contributed by atoms with Crippen LogP contribution in [0.25, 0.3) is 17.1 Å². The fraction of sp³-hybridized carbons (Fsp3) is 0.320. The summed E-state index contributed by atoms with van der Waals surface area (Å²) in [6.45, 7) is 8.80. The van der Waals surface area contributed by atoms with E-state index in [0.29, 0.717) is 12.0 Å². The predicted molar refractivity (Wildman–Crippen MR) is 122 cm³/mol. The van der Waals surface area contributed by atoms with Gasteiger partial charge in [0, 0.05) is 4.91 Å². The lowest BCUT2D eigenvalue weighted by atomic mass is 9.75. The average molecular weight is 393 g/mol. The van der Waals surface area contributed by atoms with Gasteiger partial charge in [-0.05, 0) is 64.0 Å². The Balaban J connectivity index is 1.93. The van der Waals surface area contributed by atoms with Crippen molar-refractivity contribution in [3.8, 4) is 0 Å². The summed E-state index contributed by atoms with van der Waals surface area (Å²) in [5.74, 6) is 0.207. The zero-order valence-corrected chi connectivity index (χ0v) is 17.9. The van der Waals surface area contributed by atoms with Crippen LogP contribution in [0.15, 0.2) is 42.5 Å². The van der Waals surface area contributed by atoms with Gasteiger partial charge in [-0.15, -0.1) is 11.8 Å². The molecule has 0 heterocycles. The number of aromatic carboxylic acids is 1. The Bertz CT molecular complexity index is 951. The second-order valence-electron chi connectivity index (χ2n) is 7.80. The molecule has 0 spiro atoms. The Morgan fingerprint density at radius 1 is 1.11 bits per heavy atom. The number of rotatable bonds is 6. The lowest BCUT2D eigenvalue weighted by molar-refractivity contribution is 0.0695. The molecule has 1 N–H and O–H groups in total. The molecule has 1 aliphatic rings. The van der Waals surface area contributed by atoms with Crippen LogP contribution in [0, 0.1) is 0 Å². The van der Waals surface area contributed by atoms with Crippen molar-refractivity contribution in [2.45, 2.75) is 46.0 Å². The van der Waals surface area contributed by atoms with Crippen molar-refractivity contribution in [1.82, 2.24) is 0 Å². The van der Waals surface area contributed by atoms with Crippen LogP contribution in [0.4, 0.5) is 0 Å². The maximum atomic E-state index is 11.3. The Hall–Kier alpha value is -2.26. The molecule has 0 amide bonds. The molecule has 0 atom stereocenters. The minimum absolute atomic E-state index is 0.165. The molecular weight excluding hydrogens is 364 g/mol. The molecule has 2 aromatic rings. The summed E-state index contributed by atoms with van der Waals surface area (Å²) < 4.78 is 0. The highest BCUT2D eigenvalue weighted by atomic mass is 32.2. The fourth-order valence-electron chi connectivity index (χ4n) is 3.73. The first-order valence-electron chi connectivity index (χ1n) is 9.88. The van der Waals surface area contributed by atoms with Crippen molar-refractivity contribution in [1.29, 1.82) is 0 Å². The minimum Gasteiger partial charge on any atom is -0.478 e. The molecule has 3 heteroatoms. The molecular formula is C25H28O2S. The Morgan fingerprint density at radius 3 is 2.43 bits per heavy atom. The monoisotopic (exact) mass is 392 g/mol. The first-order chi connectivity index (χ1) is 13.4. The van der Waals surface area contributed by atoms with Crippen molar-refractivity contribution in [3.63, 3.8) is 0 Å². The number of hydrogen-bond donors (Lipinski definition) is 1. The van der Waals surface area contributed by atoms with Gasteiger partial charge < -0.3 is 5.11 Å². The molecule has 28 heavy (non-hydrogen) atoms. The molecule has 0 radical (unpaired) electrons. The van der Waals surface area contributed by atoms with Gasteiger partial charge in [-0.3, -0.25) is 0 Å². The quantitative estimate of drug-likeness (QED) is 0.544. The number of thioether (sulfide) groups is 1. The van der Waals surface area contributed by atoms with Crippen LogP contribution in [0.2, 0.25) is 0 Å². The smallest absolute Gasteiger partial charge is 0.335 e. The van der Waals surface area contributed by atoms with Crippen LogP contribution in [0.1, 0.15) is 72.3 Å².